The molecule has 1 aromatic heterocycles. The van der Waals surface area contributed by atoms with E-state index in [9.17, 15) is 18.3 Å². The Kier molecular flexibility index (Phi) is 4.93. The van der Waals surface area contributed by atoms with Crippen molar-refractivity contribution in [1.29, 1.82) is 0 Å². The minimum absolute atomic E-state index is 0.135. The lowest BCUT2D eigenvalue weighted by Gasteiger charge is -2.09. The second kappa shape index (κ2) is 7.15. The number of aromatic hydroxyl groups is 1. The van der Waals surface area contributed by atoms with Crippen molar-refractivity contribution in [3.8, 4) is 16.9 Å². The number of nitrogens with one attached hydrogen (secondary N) is 1. The van der Waals surface area contributed by atoms with Crippen LogP contribution in [0.3, 0.4) is 0 Å². The molecule has 0 saturated carbocycles. The van der Waals surface area contributed by atoms with Crippen molar-refractivity contribution in [1.82, 2.24) is 0 Å². The summed E-state index contributed by atoms with van der Waals surface area (Å²) in [5.41, 5.74) is 0.788. The number of aryl methyl sites for hydroxylation is 2. The molecule has 0 saturated heterocycles. The predicted octanol–water partition coefficient (Wildman–Crippen LogP) is 5.50. The highest BCUT2D eigenvalue weighted by Crippen LogP contribution is 2.43. The van der Waals surface area contributed by atoms with Crippen molar-refractivity contribution in [2.75, 3.05) is 12.4 Å². The van der Waals surface area contributed by atoms with Gasteiger partial charge in [-0.25, -0.2) is 0 Å². The van der Waals surface area contributed by atoms with Crippen molar-refractivity contribution < 1.29 is 22.7 Å². The molecule has 0 aliphatic carbocycles. The number of hydrogen-bond acceptors (Lipinski definition) is 3. The van der Waals surface area contributed by atoms with Crippen LogP contribution in [0.5, 0.6) is 5.75 Å². The Morgan fingerprint density at radius 2 is 1.73 bits per heavy atom. The lowest BCUT2D eigenvalue weighted by Crippen LogP contribution is -2.04. The zero-order chi connectivity index (χ0) is 18.7. The van der Waals surface area contributed by atoms with E-state index < -0.39 is 11.7 Å². The van der Waals surface area contributed by atoms with Gasteiger partial charge in [-0.3, -0.25) is 0 Å². The van der Waals surface area contributed by atoms with Crippen molar-refractivity contribution >= 4 is 5.88 Å². The molecule has 3 aromatic rings. The van der Waals surface area contributed by atoms with E-state index in [2.05, 4.69) is 5.32 Å². The minimum atomic E-state index is -4.45. The van der Waals surface area contributed by atoms with Crippen LogP contribution in [0.2, 0.25) is 0 Å². The van der Waals surface area contributed by atoms with E-state index in [0.29, 0.717) is 18.6 Å². The van der Waals surface area contributed by atoms with Crippen LogP contribution in [0.4, 0.5) is 19.1 Å². The Labute approximate surface area is 149 Å². The molecule has 0 spiro atoms. The van der Waals surface area contributed by atoms with Gasteiger partial charge >= 0.3 is 6.18 Å². The quantitative estimate of drug-likeness (QED) is 0.631. The van der Waals surface area contributed by atoms with Gasteiger partial charge in [-0.2, -0.15) is 13.2 Å². The van der Waals surface area contributed by atoms with Gasteiger partial charge in [-0.05, 0) is 29.7 Å². The summed E-state index contributed by atoms with van der Waals surface area (Å²) < 4.78 is 44.6. The fourth-order valence-electron chi connectivity index (χ4n) is 2.84. The summed E-state index contributed by atoms with van der Waals surface area (Å²) in [6.45, 7) is 0. The number of benzene rings is 2. The zero-order valence-electron chi connectivity index (χ0n) is 14.1. The molecule has 0 aliphatic heterocycles. The van der Waals surface area contributed by atoms with Gasteiger partial charge in [0.2, 0.25) is 5.88 Å². The van der Waals surface area contributed by atoms with Crippen LogP contribution in [0, 0.1) is 0 Å². The van der Waals surface area contributed by atoms with Crippen molar-refractivity contribution in [3.63, 3.8) is 0 Å². The number of anilines is 1. The van der Waals surface area contributed by atoms with Crippen LogP contribution >= 0.6 is 0 Å². The summed E-state index contributed by atoms with van der Waals surface area (Å²) >= 11 is 0. The lowest BCUT2D eigenvalue weighted by atomic mass is 10.0. The second-order valence-corrected chi connectivity index (χ2v) is 5.89. The van der Waals surface area contributed by atoms with E-state index in [4.69, 9.17) is 4.42 Å². The maximum absolute atomic E-state index is 13.0. The van der Waals surface area contributed by atoms with E-state index in [1.165, 1.54) is 12.1 Å². The fraction of sp³-hybridized carbons (Fsp3) is 0.200. The maximum Gasteiger partial charge on any atom is 0.416 e. The second-order valence-electron chi connectivity index (χ2n) is 5.89. The Bertz CT molecular complexity index is 886. The predicted molar refractivity (Wildman–Crippen MR) is 94.2 cm³/mol. The summed E-state index contributed by atoms with van der Waals surface area (Å²) in [6, 6.07) is 14.5. The smallest absolute Gasteiger partial charge is 0.416 e. The first kappa shape index (κ1) is 17.9. The molecule has 3 nitrogen and oxygen atoms in total. The maximum atomic E-state index is 13.0. The Hall–Kier alpha value is -2.89. The van der Waals surface area contributed by atoms with Gasteiger partial charge in [0.15, 0.2) is 5.75 Å². The highest BCUT2D eigenvalue weighted by atomic mass is 19.4. The van der Waals surface area contributed by atoms with Crippen molar-refractivity contribution in [2.45, 2.75) is 19.0 Å². The normalized spacial score (nSPS) is 11.5. The van der Waals surface area contributed by atoms with Crippen molar-refractivity contribution in [3.05, 3.63) is 71.5 Å². The molecule has 0 unspecified atom stereocenters. The summed E-state index contributed by atoms with van der Waals surface area (Å²) in [5, 5.41) is 13.4. The van der Waals surface area contributed by atoms with Crippen LogP contribution in [-0.2, 0) is 19.0 Å². The van der Waals surface area contributed by atoms with Crippen LogP contribution in [0.25, 0.3) is 11.1 Å². The third-order valence-corrected chi connectivity index (χ3v) is 4.14. The molecular formula is C20H18F3NO2. The largest absolute Gasteiger partial charge is 0.504 e. The number of halogens is 3. The van der Waals surface area contributed by atoms with Crippen LogP contribution in [0.15, 0.2) is 59.0 Å². The first-order valence-electron chi connectivity index (χ1n) is 8.14. The Morgan fingerprint density at radius 1 is 1.00 bits per heavy atom. The highest BCUT2D eigenvalue weighted by Gasteiger charge is 2.31. The van der Waals surface area contributed by atoms with Crippen molar-refractivity contribution in [2.24, 2.45) is 0 Å². The third kappa shape index (κ3) is 3.69. The van der Waals surface area contributed by atoms with Crippen LogP contribution < -0.4 is 5.32 Å². The molecule has 2 aromatic carbocycles. The average Bonchev–Trinajstić information content (AvgIpc) is 2.96. The van der Waals surface area contributed by atoms with E-state index in [1.54, 1.807) is 7.05 Å². The van der Waals surface area contributed by atoms with Crippen LogP contribution in [-0.4, -0.2) is 12.2 Å². The van der Waals surface area contributed by atoms with E-state index in [-0.39, 0.29) is 22.8 Å². The Balaban J connectivity index is 1.94. The molecule has 0 bridgehead atoms. The first-order chi connectivity index (χ1) is 12.4. The molecule has 136 valence electrons. The van der Waals surface area contributed by atoms with Gasteiger partial charge < -0.3 is 14.8 Å². The zero-order valence-corrected chi connectivity index (χ0v) is 14.1. The number of rotatable bonds is 5. The summed E-state index contributed by atoms with van der Waals surface area (Å²) in [6.07, 6.45) is -3.37. The number of furan rings is 1. The van der Waals surface area contributed by atoms with Gasteiger partial charge in [0, 0.05) is 13.5 Å². The van der Waals surface area contributed by atoms with E-state index in [0.717, 1.165) is 17.7 Å². The summed E-state index contributed by atoms with van der Waals surface area (Å²) in [7, 11) is 1.59. The fourth-order valence-corrected chi connectivity index (χ4v) is 2.84. The average molecular weight is 361 g/mol. The van der Waals surface area contributed by atoms with Gasteiger partial charge in [-0.15, -0.1) is 0 Å². The number of alkyl halides is 3. The highest BCUT2D eigenvalue weighted by molar-refractivity contribution is 5.81. The molecule has 0 aliphatic rings. The topological polar surface area (TPSA) is 45.4 Å². The summed E-state index contributed by atoms with van der Waals surface area (Å²) in [4.78, 5) is 0. The number of hydrogen-bond donors (Lipinski definition) is 2. The van der Waals surface area contributed by atoms with E-state index in [1.807, 2.05) is 30.3 Å². The lowest BCUT2D eigenvalue weighted by molar-refractivity contribution is -0.137. The molecular weight excluding hydrogens is 343 g/mol. The molecule has 0 amide bonds. The molecule has 3 rings (SSSR count). The van der Waals surface area contributed by atoms with Gasteiger partial charge in [0.05, 0.1) is 11.1 Å². The molecule has 0 fully saturated rings. The standard InChI is InChI=1S/C20H18F3NO2/c1-24-19-17(14-8-5-9-15(12-14)20(21,22)23)18(25)16(26-19)11-10-13-6-3-2-4-7-13/h2-9,12,24-25H,10-11H2,1H3. The molecule has 0 atom stereocenters. The van der Waals surface area contributed by atoms with Gasteiger partial charge in [0.1, 0.15) is 5.76 Å². The molecule has 1 heterocycles. The van der Waals surface area contributed by atoms with E-state index >= 15 is 0 Å². The monoisotopic (exact) mass is 361 g/mol. The van der Waals surface area contributed by atoms with Gasteiger partial charge in [0.25, 0.3) is 0 Å². The first-order valence-corrected chi connectivity index (χ1v) is 8.14. The molecule has 0 radical (unpaired) electrons. The molecule has 2 N–H and O–H groups in total. The van der Waals surface area contributed by atoms with Crippen LogP contribution in [0.1, 0.15) is 16.9 Å². The molecule has 6 heteroatoms. The third-order valence-electron chi connectivity index (χ3n) is 4.14. The Morgan fingerprint density at radius 3 is 2.38 bits per heavy atom. The summed E-state index contributed by atoms with van der Waals surface area (Å²) in [5.74, 6) is 0.445. The minimum Gasteiger partial charge on any atom is -0.504 e. The van der Waals surface area contributed by atoms with Gasteiger partial charge in [-0.1, -0.05) is 42.5 Å². The SMILES string of the molecule is CNc1oc(CCc2ccccc2)c(O)c1-c1cccc(C(F)(F)F)c1. The molecule has 26 heavy (non-hydrogen) atoms.